The maximum Gasteiger partial charge on any atom is 0.248 e. The molecule has 0 saturated carbocycles. The summed E-state index contributed by atoms with van der Waals surface area (Å²) in [5, 5.41) is 3.90. The van der Waals surface area contributed by atoms with Gasteiger partial charge in [0.2, 0.25) is 5.91 Å². The molecule has 3 aromatic carbocycles. The number of benzene rings is 3. The molecule has 0 radical (unpaired) electrons. The molecule has 0 aliphatic carbocycles. The molecule has 0 saturated heterocycles. The molecule has 4 heteroatoms. The minimum Gasteiger partial charge on any atom is -0.323 e. The lowest BCUT2D eigenvalue weighted by Gasteiger charge is -2.05. The standard InChI is InChI=1S/C26H24N2OS/c1-17(2)20-8-5-19(6-9-20)7-15-25(29)27-22-12-10-21(11-13-22)26-28-23-14-4-18(3)16-24(23)30-26/h4-17H,1-3H3,(H,27,29)/b15-7+. The fourth-order valence-electron chi connectivity index (χ4n) is 3.20. The van der Waals surface area contributed by atoms with Crippen LogP contribution in [0.3, 0.4) is 0 Å². The molecular weight excluding hydrogens is 388 g/mol. The van der Waals surface area contributed by atoms with Crippen LogP contribution in [0.1, 0.15) is 36.5 Å². The molecule has 0 spiro atoms. The van der Waals surface area contributed by atoms with Crippen LogP contribution < -0.4 is 5.32 Å². The van der Waals surface area contributed by atoms with Crippen LogP contribution in [-0.4, -0.2) is 10.9 Å². The Kier molecular flexibility index (Phi) is 5.77. The number of rotatable bonds is 5. The van der Waals surface area contributed by atoms with Crippen LogP contribution in [0.4, 0.5) is 5.69 Å². The van der Waals surface area contributed by atoms with Gasteiger partial charge in [0.1, 0.15) is 5.01 Å². The van der Waals surface area contributed by atoms with Crippen molar-refractivity contribution in [2.45, 2.75) is 26.7 Å². The lowest BCUT2D eigenvalue weighted by Crippen LogP contribution is -2.07. The minimum absolute atomic E-state index is 0.147. The molecule has 3 nitrogen and oxygen atoms in total. The third kappa shape index (κ3) is 4.66. The van der Waals surface area contributed by atoms with E-state index in [-0.39, 0.29) is 5.91 Å². The minimum atomic E-state index is -0.147. The lowest BCUT2D eigenvalue weighted by molar-refractivity contribution is -0.111. The number of hydrogen-bond donors (Lipinski definition) is 1. The van der Waals surface area contributed by atoms with Crippen molar-refractivity contribution in [2.75, 3.05) is 5.32 Å². The van der Waals surface area contributed by atoms with Gasteiger partial charge in [-0.1, -0.05) is 44.2 Å². The van der Waals surface area contributed by atoms with Crippen LogP contribution in [-0.2, 0) is 4.79 Å². The van der Waals surface area contributed by atoms with E-state index in [1.165, 1.54) is 15.8 Å². The van der Waals surface area contributed by atoms with Crippen molar-refractivity contribution in [1.82, 2.24) is 4.98 Å². The number of fused-ring (bicyclic) bond motifs is 1. The number of anilines is 1. The Morgan fingerprint density at radius 3 is 2.43 bits per heavy atom. The second-order valence-corrected chi connectivity index (χ2v) is 8.74. The first-order chi connectivity index (χ1) is 14.5. The van der Waals surface area contributed by atoms with Crippen molar-refractivity contribution in [3.8, 4) is 10.6 Å². The molecule has 4 aromatic rings. The van der Waals surface area contributed by atoms with Crippen LogP contribution in [0.5, 0.6) is 0 Å². The third-order valence-electron chi connectivity index (χ3n) is 4.97. The van der Waals surface area contributed by atoms with Crippen molar-refractivity contribution in [3.05, 3.63) is 89.5 Å². The molecule has 0 bridgehead atoms. The van der Waals surface area contributed by atoms with Crippen LogP contribution in [0.2, 0.25) is 0 Å². The zero-order chi connectivity index (χ0) is 21.1. The first kappa shape index (κ1) is 20.0. The van der Waals surface area contributed by atoms with Crippen molar-refractivity contribution in [1.29, 1.82) is 0 Å². The summed E-state index contributed by atoms with van der Waals surface area (Å²) in [4.78, 5) is 17.0. The molecule has 0 aliphatic rings. The van der Waals surface area contributed by atoms with E-state index in [0.717, 1.165) is 27.3 Å². The number of hydrogen-bond acceptors (Lipinski definition) is 3. The fourth-order valence-corrected chi connectivity index (χ4v) is 4.27. The third-order valence-corrected chi connectivity index (χ3v) is 6.04. The van der Waals surface area contributed by atoms with Gasteiger partial charge in [0.15, 0.2) is 0 Å². The Morgan fingerprint density at radius 2 is 1.73 bits per heavy atom. The highest BCUT2D eigenvalue weighted by molar-refractivity contribution is 7.21. The highest BCUT2D eigenvalue weighted by Crippen LogP contribution is 2.31. The summed E-state index contributed by atoms with van der Waals surface area (Å²) < 4.78 is 1.19. The Balaban J connectivity index is 1.41. The number of aryl methyl sites for hydroxylation is 1. The molecule has 0 aliphatic heterocycles. The van der Waals surface area contributed by atoms with E-state index >= 15 is 0 Å². The number of carbonyl (C=O) groups excluding carboxylic acids is 1. The summed E-state index contributed by atoms with van der Waals surface area (Å²) in [5.41, 5.74) is 6.37. The topological polar surface area (TPSA) is 42.0 Å². The number of aromatic nitrogens is 1. The molecule has 1 heterocycles. The number of amides is 1. The molecular formula is C26H24N2OS. The summed E-state index contributed by atoms with van der Waals surface area (Å²) in [6.07, 6.45) is 3.39. The van der Waals surface area contributed by atoms with Gasteiger partial charge < -0.3 is 5.32 Å². The van der Waals surface area contributed by atoms with E-state index in [4.69, 9.17) is 4.98 Å². The smallest absolute Gasteiger partial charge is 0.248 e. The molecule has 4 rings (SSSR count). The van der Waals surface area contributed by atoms with Crippen LogP contribution >= 0.6 is 11.3 Å². The predicted octanol–water partition coefficient (Wildman–Crippen LogP) is 7.05. The van der Waals surface area contributed by atoms with E-state index in [9.17, 15) is 4.79 Å². The van der Waals surface area contributed by atoms with Crippen LogP contribution in [0.25, 0.3) is 26.9 Å². The molecule has 1 N–H and O–H groups in total. The Bertz CT molecular complexity index is 1200. The van der Waals surface area contributed by atoms with Gasteiger partial charge in [-0.2, -0.15) is 0 Å². The summed E-state index contributed by atoms with van der Waals surface area (Å²) in [7, 11) is 0. The van der Waals surface area contributed by atoms with Gasteiger partial charge in [0.25, 0.3) is 0 Å². The first-order valence-corrected chi connectivity index (χ1v) is 10.9. The highest BCUT2D eigenvalue weighted by Gasteiger charge is 2.07. The normalized spacial score (nSPS) is 11.5. The lowest BCUT2D eigenvalue weighted by atomic mass is 10.0. The van der Waals surface area contributed by atoms with E-state index in [1.807, 2.05) is 42.5 Å². The van der Waals surface area contributed by atoms with Gasteiger partial charge in [-0.15, -0.1) is 11.3 Å². The zero-order valence-corrected chi connectivity index (χ0v) is 18.2. The van der Waals surface area contributed by atoms with Crippen LogP contribution in [0.15, 0.2) is 72.8 Å². The van der Waals surface area contributed by atoms with Crippen molar-refractivity contribution in [2.24, 2.45) is 0 Å². The second-order valence-electron chi connectivity index (χ2n) is 7.71. The number of thiazole rings is 1. The molecule has 30 heavy (non-hydrogen) atoms. The van der Waals surface area contributed by atoms with E-state index in [1.54, 1.807) is 17.4 Å². The maximum absolute atomic E-state index is 12.3. The molecule has 1 aromatic heterocycles. The predicted molar refractivity (Wildman–Crippen MR) is 128 cm³/mol. The monoisotopic (exact) mass is 412 g/mol. The number of carbonyl (C=O) groups is 1. The van der Waals surface area contributed by atoms with Crippen LogP contribution in [0, 0.1) is 6.92 Å². The largest absolute Gasteiger partial charge is 0.323 e. The fraction of sp³-hybridized carbons (Fsp3) is 0.154. The first-order valence-electron chi connectivity index (χ1n) is 10.0. The molecule has 0 atom stereocenters. The van der Waals surface area contributed by atoms with E-state index in [2.05, 4.69) is 56.4 Å². The molecule has 0 fully saturated rings. The van der Waals surface area contributed by atoms with Crippen molar-refractivity contribution < 1.29 is 4.79 Å². The van der Waals surface area contributed by atoms with E-state index < -0.39 is 0 Å². The van der Waals surface area contributed by atoms with Gasteiger partial charge in [0.05, 0.1) is 10.2 Å². The van der Waals surface area contributed by atoms with Gasteiger partial charge in [-0.05, 0) is 72.0 Å². The highest BCUT2D eigenvalue weighted by atomic mass is 32.1. The summed E-state index contributed by atoms with van der Waals surface area (Å²) >= 11 is 1.68. The molecule has 1 amide bonds. The van der Waals surface area contributed by atoms with Gasteiger partial charge in [-0.25, -0.2) is 4.98 Å². The Hall–Kier alpha value is -3.24. The number of nitrogens with one attached hydrogen (secondary N) is 1. The SMILES string of the molecule is Cc1ccc2nc(-c3ccc(NC(=O)/C=C/c4ccc(C(C)C)cc4)cc3)sc2c1. The second kappa shape index (κ2) is 8.64. The summed E-state index contributed by atoms with van der Waals surface area (Å²) in [6, 6.07) is 22.4. The van der Waals surface area contributed by atoms with Crippen molar-refractivity contribution in [3.63, 3.8) is 0 Å². The summed E-state index contributed by atoms with van der Waals surface area (Å²) in [6.45, 7) is 6.42. The zero-order valence-electron chi connectivity index (χ0n) is 17.3. The van der Waals surface area contributed by atoms with Gasteiger partial charge in [0, 0.05) is 17.3 Å². The van der Waals surface area contributed by atoms with E-state index in [0.29, 0.717) is 5.92 Å². The van der Waals surface area contributed by atoms with Gasteiger partial charge >= 0.3 is 0 Å². The van der Waals surface area contributed by atoms with Gasteiger partial charge in [-0.3, -0.25) is 4.79 Å². The van der Waals surface area contributed by atoms with Crippen molar-refractivity contribution >= 4 is 39.2 Å². The quantitative estimate of drug-likeness (QED) is 0.357. The molecule has 0 unspecified atom stereocenters. The summed E-state index contributed by atoms with van der Waals surface area (Å²) in [5.74, 6) is 0.354. The number of nitrogens with zero attached hydrogens (tertiary/aromatic N) is 1. The Labute approximate surface area is 181 Å². The average Bonchev–Trinajstić information content (AvgIpc) is 3.16. The maximum atomic E-state index is 12.3. The molecule has 150 valence electrons. The average molecular weight is 413 g/mol. The Morgan fingerprint density at radius 1 is 1.00 bits per heavy atom.